The van der Waals surface area contributed by atoms with E-state index >= 15 is 0 Å². The van der Waals surface area contributed by atoms with Crippen LogP contribution in [0.25, 0.3) is 0 Å². The van der Waals surface area contributed by atoms with Gasteiger partial charge in [0.25, 0.3) is 0 Å². The smallest absolute Gasteiger partial charge is 0.225 e. The van der Waals surface area contributed by atoms with Crippen LogP contribution in [0.1, 0.15) is 45.3 Å². The summed E-state index contributed by atoms with van der Waals surface area (Å²) in [4.78, 5) is 19.2. The van der Waals surface area contributed by atoms with Gasteiger partial charge in [-0.1, -0.05) is 13.8 Å². The monoisotopic (exact) mass is 520 g/mol. The van der Waals surface area contributed by atoms with Crippen LogP contribution in [-0.2, 0) is 16.0 Å². The van der Waals surface area contributed by atoms with Crippen molar-refractivity contribution in [2.45, 2.75) is 52.0 Å². The quantitative estimate of drug-likeness (QED) is 0.215. The minimum Gasteiger partial charge on any atom is -0.469 e. The van der Waals surface area contributed by atoms with Crippen LogP contribution >= 0.6 is 24.0 Å². The molecule has 1 aliphatic heterocycles. The fourth-order valence-corrected chi connectivity index (χ4v) is 3.49. The Kier molecular flexibility index (Phi) is 13.0. The van der Waals surface area contributed by atoms with E-state index in [1.807, 2.05) is 17.0 Å². The first-order valence-electron chi connectivity index (χ1n) is 10.5. The summed E-state index contributed by atoms with van der Waals surface area (Å²) in [6, 6.07) is 4.20. The Labute approximate surface area is 192 Å². The maximum absolute atomic E-state index is 12.6. The van der Waals surface area contributed by atoms with Crippen LogP contribution in [0.15, 0.2) is 27.8 Å². The van der Waals surface area contributed by atoms with E-state index in [0.29, 0.717) is 25.1 Å². The summed E-state index contributed by atoms with van der Waals surface area (Å²) in [5.41, 5.74) is 0. The van der Waals surface area contributed by atoms with E-state index in [9.17, 15) is 4.79 Å². The second-order valence-electron chi connectivity index (χ2n) is 7.24. The second-order valence-corrected chi connectivity index (χ2v) is 7.24. The number of carbonyl (C=O) groups excluding carboxylic acids is 1. The number of nitrogens with one attached hydrogen (secondary N) is 2. The molecule has 7 nitrogen and oxygen atoms in total. The van der Waals surface area contributed by atoms with Gasteiger partial charge in [-0.05, 0) is 37.8 Å². The van der Waals surface area contributed by atoms with Crippen LogP contribution in [0, 0.1) is 5.92 Å². The van der Waals surface area contributed by atoms with Crippen LogP contribution < -0.4 is 10.6 Å². The van der Waals surface area contributed by atoms with E-state index in [1.54, 1.807) is 13.4 Å². The lowest BCUT2D eigenvalue weighted by Gasteiger charge is -2.35. The van der Waals surface area contributed by atoms with E-state index in [2.05, 4.69) is 29.5 Å². The Bertz CT molecular complexity index is 583. The van der Waals surface area contributed by atoms with Crippen LogP contribution in [0.4, 0.5) is 0 Å². The van der Waals surface area contributed by atoms with E-state index in [1.165, 1.54) is 0 Å². The molecule has 0 atom stereocenters. The highest BCUT2D eigenvalue weighted by Crippen LogP contribution is 2.17. The number of hydrogen-bond donors (Lipinski definition) is 2. The fraction of sp³-hybridized carbons (Fsp3) is 0.714. The van der Waals surface area contributed by atoms with E-state index in [0.717, 1.165) is 63.5 Å². The molecule has 29 heavy (non-hydrogen) atoms. The van der Waals surface area contributed by atoms with Gasteiger partial charge < -0.3 is 24.7 Å². The summed E-state index contributed by atoms with van der Waals surface area (Å²) < 4.78 is 10.5. The Morgan fingerprint density at radius 2 is 2.07 bits per heavy atom. The van der Waals surface area contributed by atoms with Crippen molar-refractivity contribution in [1.82, 2.24) is 15.5 Å². The van der Waals surface area contributed by atoms with Crippen LogP contribution in [0.5, 0.6) is 0 Å². The number of carbonyl (C=O) groups is 1. The Balaban J connectivity index is 0.00000420. The van der Waals surface area contributed by atoms with E-state index in [4.69, 9.17) is 9.15 Å². The number of methoxy groups -OCH3 is 1. The predicted molar refractivity (Wildman–Crippen MR) is 127 cm³/mol. The summed E-state index contributed by atoms with van der Waals surface area (Å²) >= 11 is 0. The average molecular weight is 520 g/mol. The zero-order valence-corrected chi connectivity index (χ0v) is 20.3. The molecule has 1 aromatic rings. The summed E-state index contributed by atoms with van der Waals surface area (Å²) in [6.07, 6.45) is 6.22. The van der Waals surface area contributed by atoms with Crippen molar-refractivity contribution >= 4 is 35.8 Å². The van der Waals surface area contributed by atoms with Gasteiger partial charge in [-0.15, -0.1) is 24.0 Å². The van der Waals surface area contributed by atoms with Gasteiger partial charge in [-0.3, -0.25) is 9.79 Å². The largest absolute Gasteiger partial charge is 0.469 e. The molecule has 2 heterocycles. The summed E-state index contributed by atoms with van der Waals surface area (Å²) in [5, 5.41) is 6.90. The maximum Gasteiger partial charge on any atom is 0.225 e. The van der Waals surface area contributed by atoms with Gasteiger partial charge in [-0.2, -0.15) is 0 Å². The molecule has 0 spiro atoms. The van der Waals surface area contributed by atoms with Gasteiger partial charge in [0.2, 0.25) is 5.91 Å². The molecule has 2 rings (SSSR count). The van der Waals surface area contributed by atoms with Crippen molar-refractivity contribution in [2.24, 2.45) is 10.9 Å². The standard InChI is InChI=1S/C21H36N4O3.HI/c1-4-17(5-2)20(26)25-13-9-18(10-14-25)24-21(23-12-16-27-3)22-11-8-19-7-6-15-28-19;/h6-7,15,17-18H,4-5,8-14,16H2,1-3H3,(H2,22,23,24);1H. The predicted octanol–water partition coefficient (Wildman–Crippen LogP) is 3.05. The van der Waals surface area contributed by atoms with Crippen molar-refractivity contribution < 1.29 is 13.9 Å². The van der Waals surface area contributed by atoms with Crippen molar-refractivity contribution in [1.29, 1.82) is 0 Å². The van der Waals surface area contributed by atoms with Crippen LogP contribution in [0.2, 0.25) is 0 Å². The highest BCUT2D eigenvalue weighted by atomic mass is 127. The average Bonchev–Trinajstić information content (AvgIpc) is 3.23. The molecule has 1 saturated heterocycles. The molecule has 1 aliphatic rings. The molecule has 0 unspecified atom stereocenters. The van der Waals surface area contributed by atoms with Gasteiger partial charge in [0.05, 0.1) is 19.4 Å². The lowest BCUT2D eigenvalue weighted by molar-refractivity contribution is -0.136. The Morgan fingerprint density at radius 1 is 1.34 bits per heavy atom. The summed E-state index contributed by atoms with van der Waals surface area (Å²) in [7, 11) is 1.68. The first-order valence-corrected chi connectivity index (χ1v) is 10.5. The third-order valence-corrected chi connectivity index (χ3v) is 5.29. The highest BCUT2D eigenvalue weighted by Gasteiger charge is 2.26. The number of piperidine rings is 1. The maximum atomic E-state index is 12.6. The molecule has 0 aromatic carbocycles. The third-order valence-electron chi connectivity index (χ3n) is 5.29. The van der Waals surface area contributed by atoms with E-state index < -0.39 is 0 Å². The van der Waals surface area contributed by atoms with Gasteiger partial charge in [0.1, 0.15) is 5.76 Å². The first kappa shape index (κ1) is 25.7. The molecule has 2 N–H and O–H groups in total. The molecular formula is C21H37IN4O3. The number of furan rings is 1. The number of aliphatic imine (C=N–C) groups is 1. The molecule has 166 valence electrons. The van der Waals surface area contributed by atoms with Crippen molar-refractivity contribution in [3.8, 4) is 0 Å². The van der Waals surface area contributed by atoms with Crippen LogP contribution in [0.3, 0.4) is 0 Å². The number of hydrogen-bond acceptors (Lipinski definition) is 4. The highest BCUT2D eigenvalue weighted by molar-refractivity contribution is 14.0. The molecule has 0 saturated carbocycles. The molecule has 0 aliphatic carbocycles. The zero-order valence-electron chi connectivity index (χ0n) is 18.0. The van der Waals surface area contributed by atoms with Crippen LogP contribution in [-0.4, -0.2) is 62.7 Å². The number of rotatable bonds is 10. The number of amides is 1. The minimum absolute atomic E-state index is 0. The molecule has 1 aromatic heterocycles. The molecule has 0 bridgehead atoms. The summed E-state index contributed by atoms with van der Waals surface area (Å²) in [5.74, 6) is 2.23. The number of guanidine groups is 1. The molecule has 8 heteroatoms. The molecule has 0 radical (unpaired) electrons. The Morgan fingerprint density at radius 3 is 2.66 bits per heavy atom. The van der Waals surface area contributed by atoms with Crippen molar-refractivity contribution in [2.75, 3.05) is 39.9 Å². The normalized spacial score (nSPS) is 15.3. The Hall–Kier alpha value is -1.29. The summed E-state index contributed by atoms with van der Waals surface area (Å²) in [6.45, 7) is 7.76. The lowest BCUT2D eigenvalue weighted by Crippen LogP contribution is -2.51. The zero-order chi connectivity index (χ0) is 20.2. The lowest BCUT2D eigenvalue weighted by atomic mass is 9.98. The third kappa shape index (κ3) is 8.94. The fourth-order valence-electron chi connectivity index (χ4n) is 3.49. The minimum atomic E-state index is 0. The van der Waals surface area contributed by atoms with Gasteiger partial charge in [0.15, 0.2) is 5.96 Å². The number of halogens is 1. The van der Waals surface area contributed by atoms with Gasteiger partial charge >= 0.3 is 0 Å². The van der Waals surface area contributed by atoms with Crippen molar-refractivity contribution in [3.05, 3.63) is 24.2 Å². The first-order chi connectivity index (χ1) is 13.7. The second kappa shape index (κ2) is 14.7. The topological polar surface area (TPSA) is 79.1 Å². The molecule has 1 fully saturated rings. The molecule has 1 amide bonds. The SMILES string of the molecule is CCC(CC)C(=O)N1CCC(NC(=NCCOC)NCCc2ccco2)CC1.I. The van der Waals surface area contributed by atoms with Gasteiger partial charge in [0, 0.05) is 45.1 Å². The number of ether oxygens (including phenoxy) is 1. The van der Waals surface area contributed by atoms with Crippen molar-refractivity contribution in [3.63, 3.8) is 0 Å². The van der Waals surface area contributed by atoms with E-state index in [-0.39, 0.29) is 29.9 Å². The number of likely N-dealkylation sites (tertiary alicyclic amines) is 1. The number of nitrogens with zero attached hydrogens (tertiary/aromatic N) is 2. The molecular weight excluding hydrogens is 483 g/mol. The van der Waals surface area contributed by atoms with Gasteiger partial charge in [-0.25, -0.2) is 0 Å².